The van der Waals surface area contributed by atoms with Crippen molar-refractivity contribution < 1.29 is 9.59 Å². The summed E-state index contributed by atoms with van der Waals surface area (Å²) in [6, 6.07) is 1.86. The first-order chi connectivity index (χ1) is 8.45. The minimum Gasteiger partial charge on any atom is -0.348 e. The van der Waals surface area contributed by atoms with Crippen LogP contribution in [0.25, 0.3) is 0 Å². The molecule has 1 rings (SSSR count). The van der Waals surface area contributed by atoms with Crippen molar-refractivity contribution in [1.82, 2.24) is 9.80 Å². The molecule has 0 aliphatic heterocycles. The lowest BCUT2D eigenvalue weighted by atomic mass is 10.3. The Morgan fingerprint density at radius 2 is 2.00 bits per heavy atom. The Morgan fingerprint density at radius 1 is 1.33 bits per heavy atom. The van der Waals surface area contributed by atoms with Gasteiger partial charge in [-0.05, 0) is 33.9 Å². The van der Waals surface area contributed by atoms with E-state index in [0.29, 0.717) is 11.4 Å². The van der Waals surface area contributed by atoms with Crippen molar-refractivity contribution >= 4 is 39.0 Å². The van der Waals surface area contributed by atoms with Gasteiger partial charge in [0.15, 0.2) is 5.78 Å². The largest absolute Gasteiger partial charge is 0.348 e. The number of Topliss-reactive ketones (excluding diaryl/α,β-unsaturated/α-hetero) is 1. The Hall–Kier alpha value is -0.720. The van der Waals surface area contributed by atoms with Crippen LogP contribution in [0.4, 0.5) is 0 Å². The summed E-state index contributed by atoms with van der Waals surface area (Å²) >= 11 is 4.77. The van der Waals surface area contributed by atoms with Gasteiger partial charge in [-0.2, -0.15) is 0 Å². The number of thiophene rings is 1. The topological polar surface area (TPSA) is 40.6 Å². The van der Waals surface area contributed by atoms with Crippen LogP contribution in [0, 0.1) is 0 Å². The van der Waals surface area contributed by atoms with Crippen molar-refractivity contribution in [3.63, 3.8) is 0 Å². The molecule has 0 radical (unpaired) electrons. The SMILES string of the molecule is CCN(CC(=O)c1sccc1Br)CC(=O)N(C)C. The zero-order valence-corrected chi connectivity index (χ0v) is 13.2. The fourth-order valence-corrected chi connectivity index (χ4v) is 2.91. The van der Waals surface area contributed by atoms with E-state index < -0.39 is 0 Å². The van der Waals surface area contributed by atoms with E-state index in [-0.39, 0.29) is 24.8 Å². The number of amides is 1. The third-order valence-electron chi connectivity index (χ3n) is 2.54. The zero-order chi connectivity index (χ0) is 13.7. The quantitative estimate of drug-likeness (QED) is 0.749. The van der Waals surface area contributed by atoms with Crippen LogP contribution in [0.15, 0.2) is 15.9 Å². The molecule has 100 valence electrons. The lowest BCUT2D eigenvalue weighted by Gasteiger charge is -2.20. The number of nitrogens with zero attached hydrogens (tertiary/aromatic N) is 2. The minimum atomic E-state index is 0.00916. The normalized spacial score (nSPS) is 10.7. The highest BCUT2D eigenvalue weighted by Crippen LogP contribution is 2.23. The molecule has 0 bridgehead atoms. The second kappa shape index (κ2) is 7.01. The summed E-state index contributed by atoms with van der Waals surface area (Å²) in [5, 5.41) is 1.87. The lowest BCUT2D eigenvalue weighted by Crippen LogP contribution is -2.39. The summed E-state index contributed by atoms with van der Waals surface area (Å²) in [6.07, 6.45) is 0. The van der Waals surface area contributed by atoms with E-state index in [0.717, 1.165) is 4.47 Å². The highest BCUT2D eigenvalue weighted by Gasteiger charge is 2.17. The Morgan fingerprint density at radius 3 is 2.44 bits per heavy atom. The van der Waals surface area contributed by atoms with Gasteiger partial charge in [-0.15, -0.1) is 11.3 Å². The van der Waals surface area contributed by atoms with Crippen molar-refractivity contribution in [1.29, 1.82) is 0 Å². The van der Waals surface area contributed by atoms with Gasteiger partial charge in [0.05, 0.1) is 18.0 Å². The average molecular weight is 333 g/mol. The molecule has 1 aromatic heterocycles. The van der Waals surface area contributed by atoms with E-state index in [1.165, 1.54) is 16.2 Å². The van der Waals surface area contributed by atoms with Gasteiger partial charge in [-0.1, -0.05) is 6.92 Å². The molecule has 0 aliphatic rings. The van der Waals surface area contributed by atoms with Crippen LogP contribution in [-0.2, 0) is 4.79 Å². The number of carbonyl (C=O) groups is 2. The van der Waals surface area contributed by atoms with E-state index in [1.54, 1.807) is 14.1 Å². The highest BCUT2D eigenvalue weighted by molar-refractivity contribution is 9.10. The third-order valence-corrected chi connectivity index (χ3v) is 4.42. The first kappa shape index (κ1) is 15.3. The summed E-state index contributed by atoms with van der Waals surface area (Å²) in [7, 11) is 3.43. The van der Waals surface area contributed by atoms with Crippen molar-refractivity contribution in [2.24, 2.45) is 0 Å². The molecule has 1 amide bonds. The van der Waals surface area contributed by atoms with Gasteiger partial charge in [0.25, 0.3) is 0 Å². The van der Waals surface area contributed by atoms with E-state index in [1.807, 2.05) is 23.3 Å². The van der Waals surface area contributed by atoms with Crippen LogP contribution >= 0.6 is 27.3 Å². The van der Waals surface area contributed by atoms with Crippen molar-refractivity contribution in [3.05, 3.63) is 20.8 Å². The Labute approximate surface area is 120 Å². The predicted molar refractivity (Wildman–Crippen MR) is 77.2 cm³/mol. The molecule has 0 atom stereocenters. The number of hydrogen-bond acceptors (Lipinski definition) is 4. The highest BCUT2D eigenvalue weighted by atomic mass is 79.9. The van der Waals surface area contributed by atoms with Crippen LogP contribution in [0.2, 0.25) is 0 Å². The number of carbonyl (C=O) groups excluding carboxylic acids is 2. The smallest absolute Gasteiger partial charge is 0.236 e. The monoisotopic (exact) mass is 332 g/mol. The molecule has 0 spiro atoms. The van der Waals surface area contributed by atoms with Gasteiger partial charge in [-0.25, -0.2) is 0 Å². The standard InChI is InChI=1S/C12H17BrN2O2S/c1-4-15(8-11(17)14(2)3)7-10(16)12-9(13)5-6-18-12/h5-6H,4,7-8H2,1-3H3. The van der Waals surface area contributed by atoms with Crippen molar-refractivity contribution in [2.45, 2.75) is 6.92 Å². The predicted octanol–water partition coefficient (Wildman–Crippen LogP) is 2.10. The molecule has 1 heterocycles. The molecule has 1 aromatic rings. The number of likely N-dealkylation sites (N-methyl/N-ethyl adjacent to an activating group) is 2. The summed E-state index contributed by atoms with van der Waals surface area (Å²) in [5.41, 5.74) is 0. The van der Waals surface area contributed by atoms with Gasteiger partial charge in [-0.3, -0.25) is 14.5 Å². The average Bonchev–Trinajstić information content (AvgIpc) is 2.74. The Kier molecular flexibility index (Phi) is 5.98. The molecule has 18 heavy (non-hydrogen) atoms. The molecule has 0 saturated carbocycles. The zero-order valence-electron chi connectivity index (χ0n) is 10.8. The van der Waals surface area contributed by atoms with Gasteiger partial charge in [0, 0.05) is 18.6 Å². The van der Waals surface area contributed by atoms with E-state index in [9.17, 15) is 9.59 Å². The maximum absolute atomic E-state index is 12.1. The van der Waals surface area contributed by atoms with Crippen molar-refractivity contribution in [2.75, 3.05) is 33.7 Å². The lowest BCUT2D eigenvalue weighted by molar-refractivity contribution is -0.129. The number of hydrogen-bond donors (Lipinski definition) is 0. The van der Waals surface area contributed by atoms with Crippen molar-refractivity contribution in [3.8, 4) is 0 Å². The summed E-state index contributed by atoms with van der Waals surface area (Å²) in [5.74, 6) is 0.0557. The van der Waals surface area contributed by atoms with Crippen LogP contribution in [-0.4, -0.2) is 55.2 Å². The van der Waals surface area contributed by atoms with E-state index in [4.69, 9.17) is 0 Å². The Balaban J connectivity index is 2.61. The third kappa shape index (κ3) is 4.19. The molecular formula is C12H17BrN2O2S. The number of ketones is 1. The Bertz CT molecular complexity index is 431. The van der Waals surface area contributed by atoms with Crippen LogP contribution in [0.5, 0.6) is 0 Å². The second-order valence-electron chi connectivity index (χ2n) is 4.11. The fourth-order valence-electron chi connectivity index (χ4n) is 1.38. The van der Waals surface area contributed by atoms with Gasteiger partial charge < -0.3 is 4.90 Å². The number of rotatable bonds is 6. The van der Waals surface area contributed by atoms with Gasteiger partial charge in [0.1, 0.15) is 0 Å². The second-order valence-corrected chi connectivity index (χ2v) is 5.88. The van der Waals surface area contributed by atoms with Crippen LogP contribution in [0.3, 0.4) is 0 Å². The first-order valence-electron chi connectivity index (χ1n) is 5.64. The molecule has 0 aromatic carbocycles. The molecule has 6 heteroatoms. The molecule has 0 fully saturated rings. The number of halogens is 1. The van der Waals surface area contributed by atoms with Crippen LogP contribution in [0.1, 0.15) is 16.6 Å². The molecule has 4 nitrogen and oxygen atoms in total. The maximum Gasteiger partial charge on any atom is 0.236 e. The molecule has 0 saturated heterocycles. The summed E-state index contributed by atoms with van der Waals surface area (Å²) in [4.78, 5) is 27.8. The maximum atomic E-state index is 12.1. The molecule has 0 unspecified atom stereocenters. The molecule has 0 aliphatic carbocycles. The summed E-state index contributed by atoms with van der Waals surface area (Å²) in [6.45, 7) is 3.17. The molecule has 0 N–H and O–H groups in total. The van der Waals surface area contributed by atoms with E-state index >= 15 is 0 Å². The van der Waals surface area contributed by atoms with Crippen LogP contribution < -0.4 is 0 Å². The van der Waals surface area contributed by atoms with Gasteiger partial charge in [0.2, 0.25) is 5.91 Å². The van der Waals surface area contributed by atoms with Gasteiger partial charge >= 0.3 is 0 Å². The first-order valence-corrected chi connectivity index (χ1v) is 7.31. The summed E-state index contributed by atoms with van der Waals surface area (Å²) < 4.78 is 0.826. The fraction of sp³-hybridized carbons (Fsp3) is 0.500. The van der Waals surface area contributed by atoms with E-state index in [2.05, 4.69) is 15.9 Å². The molecular weight excluding hydrogens is 316 g/mol. The minimum absolute atomic E-state index is 0.00916.